The fourth-order valence-corrected chi connectivity index (χ4v) is 3.52. The molecule has 1 saturated heterocycles. The molecule has 2 aromatic rings. The van der Waals surface area contributed by atoms with Crippen molar-refractivity contribution >= 4 is 23.0 Å². The van der Waals surface area contributed by atoms with Gasteiger partial charge in [0.05, 0.1) is 37.2 Å². The highest BCUT2D eigenvalue weighted by Crippen LogP contribution is 2.28. The number of methoxy groups -OCH3 is 1. The number of benzene rings is 1. The molecule has 1 aliphatic rings. The lowest BCUT2D eigenvalue weighted by Gasteiger charge is -2.36. The summed E-state index contributed by atoms with van der Waals surface area (Å²) in [6.07, 6.45) is 1.42. The average molecular weight is 408 g/mol. The molecule has 2 N–H and O–H groups in total. The summed E-state index contributed by atoms with van der Waals surface area (Å²) in [5.41, 5.74) is 1.14. The van der Waals surface area contributed by atoms with E-state index < -0.39 is 0 Å². The Balaban J connectivity index is 1.51. The second-order valence-electron chi connectivity index (χ2n) is 6.55. The van der Waals surface area contributed by atoms with E-state index in [2.05, 4.69) is 26.3 Å². The van der Waals surface area contributed by atoms with Gasteiger partial charge in [0, 0.05) is 39.3 Å². The van der Waals surface area contributed by atoms with E-state index >= 15 is 0 Å². The molecule has 1 aromatic carbocycles. The predicted molar refractivity (Wildman–Crippen MR) is 111 cm³/mol. The average Bonchev–Trinajstić information content (AvgIpc) is 2.73. The quantitative estimate of drug-likeness (QED) is 0.678. The first-order valence-electron chi connectivity index (χ1n) is 9.34. The van der Waals surface area contributed by atoms with Crippen LogP contribution in [0.3, 0.4) is 0 Å². The van der Waals surface area contributed by atoms with Gasteiger partial charge in [-0.05, 0) is 12.1 Å². The van der Waals surface area contributed by atoms with Crippen LogP contribution in [-0.2, 0) is 6.54 Å². The number of aliphatic hydroxyl groups is 1. The minimum absolute atomic E-state index is 0.148. The number of aromatic nitrogens is 2. The van der Waals surface area contributed by atoms with Crippen LogP contribution in [0.1, 0.15) is 0 Å². The number of piperazine rings is 1. The second-order valence-corrected chi connectivity index (χ2v) is 6.95. The van der Waals surface area contributed by atoms with E-state index in [4.69, 9.17) is 21.4 Å². The maximum absolute atomic E-state index is 12.3. The fraction of sp³-hybridized carbons (Fsp3) is 0.474. The van der Waals surface area contributed by atoms with Gasteiger partial charge in [0.2, 0.25) is 0 Å². The van der Waals surface area contributed by atoms with Gasteiger partial charge in [-0.25, -0.2) is 4.68 Å². The first-order valence-corrected chi connectivity index (χ1v) is 9.72. The number of halogens is 1. The molecule has 0 unspecified atom stereocenters. The van der Waals surface area contributed by atoms with E-state index in [9.17, 15) is 4.79 Å². The molecule has 9 heteroatoms. The number of ether oxygens (including phenoxy) is 1. The standard InChI is InChI=1S/C19H26ClN5O3/c1-28-17-5-3-2-4-16(17)24-10-8-23(9-11-24)7-6-21-18-15(20)14-22-25(12-13-26)19(18)27/h2-5,14,21,26H,6-13H2,1H3. The second kappa shape index (κ2) is 9.77. The Labute approximate surface area is 169 Å². The third-order valence-corrected chi connectivity index (χ3v) is 5.12. The Morgan fingerprint density at radius 2 is 1.96 bits per heavy atom. The highest BCUT2D eigenvalue weighted by molar-refractivity contribution is 6.32. The van der Waals surface area contributed by atoms with Crippen molar-refractivity contribution in [3.63, 3.8) is 0 Å². The summed E-state index contributed by atoms with van der Waals surface area (Å²) in [5.74, 6) is 0.893. The van der Waals surface area contributed by atoms with E-state index in [1.165, 1.54) is 10.9 Å². The molecule has 0 radical (unpaired) electrons. The lowest BCUT2D eigenvalue weighted by Crippen LogP contribution is -2.47. The predicted octanol–water partition coefficient (Wildman–Crippen LogP) is 1.13. The van der Waals surface area contributed by atoms with Crippen molar-refractivity contribution in [3.05, 3.63) is 45.8 Å². The molecule has 1 aliphatic heterocycles. The van der Waals surface area contributed by atoms with Crippen molar-refractivity contribution in [2.24, 2.45) is 0 Å². The zero-order valence-corrected chi connectivity index (χ0v) is 16.7. The summed E-state index contributed by atoms with van der Waals surface area (Å²) in [7, 11) is 1.69. The number of aliphatic hydroxyl groups excluding tert-OH is 1. The normalized spacial score (nSPS) is 14.9. The number of rotatable bonds is 8. The summed E-state index contributed by atoms with van der Waals surface area (Å²) >= 11 is 6.11. The Morgan fingerprint density at radius 3 is 2.68 bits per heavy atom. The van der Waals surface area contributed by atoms with Crippen LogP contribution >= 0.6 is 11.6 Å². The van der Waals surface area contributed by atoms with Crippen molar-refractivity contribution in [2.75, 3.05) is 63.2 Å². The molecule has 28 heavy (non-hydrogen) atoms. The molecule has 1 fully saturated rings. The number of nitrogens with one attached hydrogen (secondary N) is 1. The molecule has 0 spiro atoms. The molecular weight excluding hydrogens is 382 g/mol. The van der Waals surface area contributed by atoms with E-state index in [1.807, 2.05) is 18.2 Å². The number of hydrogen-bond acceptors (Lipinski definition) is 7. The molecule has 3 rings (SSSR count). The van der Waals surface area contributed by atoms with Gasteiger partial charge in [0.1, 0.15) is 11.4 Å². The molecule has 1 aromatic heterocycles. The maximum Gasteiger partial charge on any atom is 0.291 e. The number of anilines is 2. The van der Waals surface area contributed by atoms with Crippen molar-refractivity contribution in [1.29, 1.82) is 0 Å². The highest BCUT2D eigenvalue weighted by atomic mass is 35.5. The zero-order chi connectivity index (χ0) is 19.9. The summed E-state index contributed by atoms with van der Waals surface area (Å²) in [5, 5.41) is 16.4. The van der Waals surface area contributed by atoms with Crippen LogP contribution in [0.2, 0.25) is 5.02 Å². The Kier molecular flexibility index (Phi) is 7.13. The van der Waals surface area contributed by atoms with E-state index in [1.54, 1.807) is 7.11 Å². The lowest BCUT2D eigenvalue weighted by molar-refractivity contribution is 0.265. The summed E-state index contributed by atoms with van der Waals surface area (Å²) in [6, 6.07) is 8.06. The van der Waals surface area contributed by atoms with Gasteiger partial charge >= 0.3 is 0 Å². The van der Waals surface area contributed by atoms with Crippen LogP contribution in [-0.4, -0.2) is 72.8 Å². The van der Waals surface area contributed by atoms with Gasteiger partial charge in [-0.2, -0.15) is 5.10 Å². The van der Waals surface area contributed by atoms with Gasteiger partial charge in [0.15, 0.2) is 0 Å². The number of nitrogens with zero attached hydrogens (tertiary/aromatic N) is 4. The molecule has 2 heterocycles. The first kappa shape index (κ1) is 20.4. The Bertz CT molecular complexity index is 837. The molecule has 8 nitrogen and oxygen atoms in total. The molecule has 0 atom stereocenters. The SMILES string of the molecule is COc1ccccc1N1CCN(CCNc2c(Cl)cnn(CCO)c2=O)CC1. The number of hydrogen-bond donors (Lipinski definition) is 2. The summed E-state index contributed by atoms with van der Waals surface area (Å²) < 4.78 is 6.67. The topological polar surface area (TPSA) is 82.9 Å². The van der Waals surface area contributed by atoms with Gasteiger partial charge < -0.3 is 20.1 Å². The molecule has 152 valence electrons. The summed E-state index contributed by atoms with van der Waals surface area (Å²) in [6.45, 7) is 5.10. The molecule has 0 aliphatic carbocycles. The van der Waals surface area contributed by atoms with E-state index in [0.717, 1.165) is 44.2 Å². The minimum atomic E-state index is -0.317. The van der Waals surface area contributed by atoms with Crippen LogP contribution in [0.4, 0.5) is 11.4 Å². The van der Waals surface area contributed by atoms with Crippen molar-refractivity contribution in [1.82, 2.24) is 14.7 Å². The smallest absolute Gasteiger partial charge is 0.291 e. The van der Waals surface area contributed by atoms with Crippen molar-refractivity contribution in [2.45, 2.75) is 6.54 Å². The highest BCUT2D eigenvalue weighted by Gasteiger charge is 2.19. The zero-order valence-electron chi connectivity index (χ0n) is 16.0. The number of para-hydroxylation sites is 2. The van der Waals surface area contributed by atoms with Crippen molar-refractivity contribution < 1.29 is 9.84 Å². The van der Waals surface area contributed by atoms with Crippen LogP contribution < -0.4 is 20.5 Å². The fourth-order valence-electron chi connectivity index (χ4n) is 3.33. The molecule has 0 bridgehead atoms. The van der Waals surface area contributed by atoms with Crippen LogP contribution in [0.15, 0.2) is 35.3 Å². The molecule has 0 amide bonds. The monoisotopic (exact) mass is 407 g/mol. The van der Waals surface area contributed by atoms with Crippen LogP contribution in [0.25, 0.3) is 0 Å². The van der Waals surface area contributed by atoms with Gasteiger partial charge in [-0.3, -0.25) is 9.69 Å². The minimum Gasteiger partial charge on any atom is -0.495 e. The maximum atomic E-state index is 12.3. The molecule has 0 saturated carbocycles. The lowest BCUT2D eigenvalue weighted by atomic mass is 10.2. The third-order valence-electron chi connectivity index (χ3n) is 4.84. The Morgan fingerprint density at radius 1 is 1.21 bits per heavy atom. The van der Waals surface area contributed by atoms with Gasteiger partial charge in [-0.1, -0.05) is 23.7 Å². The van der Waals surface area contributed by atoms with Crippen LogP contribution in [0, 0.1) is 0 Å². The molecular formula is C19H26ClN5O3. The van der Waals surface area contributed by atoms with Gasteiger partial charge in [-0.15, -0.1) is 0 Å². The first-order chi connectivity index (χ1) is 13.6. The Hall–Kier alpha value is -2.29. The van der Waals surface area contributed by atoms with Crippen molar-refractivity contribution in [3.8, 4) is 5.75 Å². The van der Waals surface area contributed by atoms with E-state index in [0.29, 0.717) is 17.3 Å². The van der Waals surface area contributed by atoms with Gasteiger partial charge in [0.25, 0.3) is 5.56 Å². The third kappa shape index (κ3) is 4.76. The van der Waals surface area contributed by atoms with E-state index in [-0.39, 0.29) is 18.7 Å². The van der Waals surface area contributed by atoms with Crippen LogP contribution in [0.5, 0.6) is 5.75 Å². The largest absolute Gasteiger partial charge is 0.495 e. The summed E-state index contributed by atoms with van der Waals surface area (Å²) in [4.78, 5) is 17.0.